The van der Waals surface area contributed by atoms with Gasteiger partial charge in [-0.15, -0.1) is 0 Å². The number of ketones is 1. The van der Waals surface area contributed by atoms with Gasteiger partial charge in [-0.05, 0) is 60.3 Å². The molecule has 0 spiro atoms. The van der Waals surface area contributed by atoms with Crippen molar-refractivity contribution in [2.24, 2.45) is 23.7 Å². The summed E-state index contributed by atoms with van der Waals surface area (Å²) in [5, 5.41) is 5.49. The maximum Gasteiger partial charge on any atom is 0.261 e. The number of rotatable bonds is 10. The van der Waals surface area contributed by atoms with Crippen molar-refractivity contribution in [3.8, 4) is 16.9 Å². The van der Waals surface area contributed by atoms with Crippen molar-refractivity contribution in [2.45, 2.75) is 44.7 Å². The van der Waals surface area contributed by atoms with Gasteiger partial charge in [0.25, 0.3) is 5.91 Å². The maximum absolute atomic E-state index is 13.6. The lowest BCUT2D eigenvalue weighted by Crippen LogP contribution is -2.54. The van der Waals surface area contributed by atoms with Crippen LogP contribution in [-0.4, -0.2) is 66.9 Å². The number of ether oxygens (including phenoxy) is 1. The number of halogens is 1. The molecule has 1 aliphatic carbocycles. The molecule has 3 aliphatic rings. The molecule has 212 valence electrons. The summed E-state index contributed by atoms with van der Waals surface area (Å²) in [6.45, 7) is 1.35. The van der Waals surface area contributed by atoms with Crippen LogP contribution in [0.4, 0.5) is 4.39 Å². The number of hydrogen-bond donors (Lipinski definition) is 2. The molecular weight excluding hydrogens is 513 g/mol. The Morgan fingerprint density at radius 3 is 2.60 bits per heavy atom. The number of carbonyl (C=O) groups is 4. The van der Waals surface area contributed by atoms with Crippen molar-refractivity contribution in [3.63, 3.8) is 0 Å². The summed E-state index contributed by atoms with van der Waals surface area (Å²) in [5.74, 6) is -1.53. The Morgan fingerprint density at radius 1 is 1.10 bits per heavy atom. The van der Waals surface area contributed by atoms with Gasteiger partial charge < -0.3 is 20.3 Å². The monoisotopic (exact) mass is 549 g/mol. The number of nitrogens with zero attached hydrogens (tertiary/aromatic N) is 1. The molecule has 2 saturated heterocycles. The number of nitrogens with one attached hydrogen (secondary N) is 2. The Labute approximate surface area is 233 Å². The van der Waals surface area contributed by atoms with E-state index in [-0.39, 0.29) is 42.6 Å². The SMILES string of the molecule is CC1CNC(=O)[C@@H]1C[C@H](NC(=O)[C@@H]1[C@H]2CCC[C@H]2CN1C(=O)COc1cccc(-c2ccccc2)c1)C(=O)CF. The highest BCUT2D eigenvalue weighted by atomic mass is 19.1. The van der Waals surface area contributed by atoms with E-state index in [9.17, 15) is 23.6 Å². The van der Waals surface area contributed by atoms with E-state index in [0.717, 1.165) is 30.4 Å². The third-order valence-electron chi connectivity index (χ3n) is 8.73. The second kappa shape index (κ2) is 12.2. The lowest BCUT2D eigenvalue weighted by molar-refractivity contribution is -0.142. The van der Waals surface area contributed by atoms with Gasteiger partial charge in [0, 0.05) is 19.0 Å². The van der Waals surface area contributed by atoms with Crippen molar-refractivity contribution in [3.05, 3.63) is 54.6 Å². The second-order valence-electron chi connectivity index (χ2n) is 11.3. The largest absolute Gasteiger partial charge is 0.484 e. The first-order chi connectivity index (χ1) is 19.4. The fourth-order valence-corrected chi connectivity index (χ4v) is 6.53. The van der Waals surface area contributed by atoms with Gasteiger partial charge in [-0.3, -0.25) is 19.2 Å². The molecule has 2 N–H and O–H groups in total. The van der Waals surface area contributed by atoms with E-state index in [1.54, 1.807) is 11.0 Å². The van der Waals surface area contributed by atoms with Crippen LogP contribution < -0.4 is 15.4 Å². The summed E-state index contributed by atoms with van der Waals surface area (Å²) in [7, 11) is 0. The number of Topliss-reactive ketones (excluding diaryl/α,β-unsaturated/α-hetero) is 1. The Balaban J connectivity index is 1.27. The number of amides is 3. The average Bonchev–Trinajstić information content (AvgIpc) is 3.66. The van der Waals surface area contributed by atoms with Crippen LogP contribution in [0.5, 0.6) is 5.75 Å². The minimum atomic E-state index is -1.23. The molecule has 2 aromatic rings. The van der Waals surface area contributed by atoms with Crippen LogP contribution in [0, 0.1) is 23.7 Å². The fourth-order valence-electron chi connectivity index (χ4n) is 6.53. The van der Waals surface area contributed by atoms with E-state index in [2.05, 4.69) is 10.6 Å². The zero-order chi connectivity index (χ0) is 28.2. The molecule has 5 rings (SSSR count). The van der Waals surface area contributed by atoms with E-state index < -0.39 is 36.4 Å². The van der Waals surface area contributed by atoms with Crippen LogP contribution >= 0.6 is 0 Å². The quantitative estimate of drug-likeness (QED) is 0.474. The van der Waals surface area contributed by atoms with Crippen molar-refractivity contribution >= 4 is 23.5 Å². The number of carbonyl (C=O) groups excluding carboxylic acids is 4. The molecule has 6 atom stereocenters. The van der Waals surface area contributed by atoms with Crippen molar-refractivity contribution in [1.29, 1.82) is 0 Å². The molecule has 8 nitrogen and oxygen atoms in total. The Bertz CT molecular complexity index is 1250. The average molecular weight is 550 g/mol. The Morgan fingerprint density at radius 2 is 1.88 bits per heavy atom. The molecule has 0 aromatic heterocycles. The van der Waals surface area contributed by atoms with Crippen LogP contribution in [0.1, 0.15) is 32.6 Å². The highest BCUT2D eigenvalue weighted by molar-refractivity contribution is 5.94. The zero-order valence-electron chi connectivity index (χ0n) is 22.7. The highest BCUT2D eigenvalue weighted by Gasteiger charge is 2.50. The third-order valence-corrected chi connectivity index (χ3v) is 8.73. The van der Waals surface area contributed by atoms with E-state index >= 15 is 0 Å². The molecule has 1 unspecified atom stereocenters. The second-order valence-corrected chi connectivity index (χ2v) is 11.3. The predicted octanol–water partition coefficient (Wildman–Crippen LogP) is 3.16. The van der Waals surface area contributed by atoms with Crippen LogP contribution in [-0.2, 0) is 19.2 Å². The first kappa shape index (κ1) is 27.8. The number of likely N-dealkylation sites (tertiary alicyclic amines) is 1. The topological polar surface area (TPSA) is 105 Å². The van der Waals surface area contributed by atoms with Gasteiger partial charge >= 0.3 is 0 Å². The highest BCUT2D eigenvalue weighted by Crippen LogP contribution is 2.42. The Hall–Kier alpha value is -3.75. The molecule has 2 aliphatic heterocycles. The summed E-state index contributed by atoms with van der Waals surface area (Å²) < 4.78 is 19.3. The molecule has 1 saturated carbocycles. The molecule has 3 amide bonds. The summed E-state index contributed by atoms with van der Waals surface area (Å²) in [5.41, 5.74) is 2.00. The van der Waals surface area contributed by atoms with E-state index in [1.807, 2.05) is 55.5 Å². The van der Waals surface area contributed by atoms with Crippen LogP contribution in [0.25, 0.3) is 11.1 Å². The lowest BCUT2D eigenvalue weighted by atomic mass is 9.88. The molecule has 9 heteroatoms. The van der Waals surface area contributed by atoms with Gasteiger partial charge in [0.15, 0.2) is 12.4 Å². The van der Waals surface area contributed by atoms with E-state index in [4.69, 9.17) is 4.74 Å². The maximum atomic E-state index is 13.6. The molecule has 0 bridgehead atoms. The number of benzene rings is 2. The molecular formula is C31H36FN3O5. The fraction of sp³-hybridized carbons (Fsp3) is 0.484. The first-order valence-corrected chi connectivity index (χ1v) is 14.1. The molecule has 0 radical (unpaired) electrons. The predicted molar refractivity (Wildman–Crippen MR) is 147 cm³/mol. The molecule has 3 fully saturated rings. The van der Waals surface area contributed by atoms with Crippen LogP contribution in [0.2, 0.25) is 0 Å². The van der Waals surface area contributed by atoms with Gasteiger partial charge in [-0.2, -0.15) is 0 Å². The van der Waals surface area contributed by atoms with Crippen molar-refractivity contribution in [2.75, 3.05) is 26.4 Å². The van der Waals surface area contributed by atoms with Gasteiger partial charge in [0.2, 0.25) is 11.8 Å². The number of fused-ring (bicyclic) bond motifs is 1. The zero-order valence-corrected chi connectivity index (χ0v) is 22.7. The van der Waals surface area contributed by atoms with Crippen LogP contribution in [0.3, 0.4) is 0 Å². The summed E-state index contributed by atoms with van der Waals surface area (Å²) >= 11 is 0. The van der Waals surface area contributed by atoms with E-state index in [0.29, 0.717) is 18.8 Å². The first-order valence-electron chi connectivity index (χ1n) is 14.1. The normalized spacial score (nSPS) is 26.2. The third kappa shape index (κ3) is 5.88. The standard InChI is InChI=1S/C31H36FN3O5/c1-19-16-33-30(38)25(19)14-26(27(36)15-32)34-31(39)29-24-12-6-10-22(24)17-35(29)28(37)18-40-23-11-5-9-21(13-23)20-7-3-2-4-8-20/h2-5,7-9,11,13,19,22,24-26,29H,6,10,12,14-18H2,1H3,(H,33,38)(H,34,39)/t19?,22-,24-,25+,26-,29-/m0/s1. The van der Waals surface area contributed by atoms with Crippen LogP contribution in [0.15, 0.2) is 54.6 Å². The van der Waals surface area contributed by atoms with Crippen molar-refractivity contribution in [1.82, 2.24) is 15.5 Å². The minimum absolute atomic E-state index is 0.0272. The molecule has 40 heavy (non-hydrogen) atoms. The smallest absolute Gasteiger partial charge is 0.261 e. The van der Waals surface area contributed by atoms with Gasteiger partial charge in [-0.1, -0.05) is 55.8 Å². The Kier molecular flexibility index (Phi) is 8.47. The van der Waals surface area contributed by atoms with Crippen molar-refractivity contribution < 1.29 is 28.3 Å². The minimum Gasteiger partial charge on any atom is -0.484 e. The number of alkyl halides is 1. The van der Waals surface area contributed by atoms with Gasteiger partial charge in [0.05, 0.1) is 6.04 Å². The van der Waals surface area contributed by atoms with Gasteiger partial charge in [-0.25, -0.2) is 4.39 Å². The van der Waals surface area contributed by atoms with E-state index in [1.165, 1.54) is 0 Å². The summed E-state index contributed by atoms with van der Waals surface area (Å²) in [6, 6.07) is 15.5. The number of hydrogen-bond acceptors (Lipinski definition) is 5. The summed E-state index contributed by atoms with van der Waals surface area (Å²) in [6.07, 6.45) is 2.73. The molecule has 2 aromatic carbocycles. The molecule has 2 heterocycles. The lowest BCUT2D eigenvalue weighted by Gasteiger charge is -2.29. The summed E-state index contributed by atoms with van der Waals surface area (Å²) in [4.78, 5) is 53.3. The van der Waals surface area contributed by atoms with Gasteiger partial charge in [0.1, 0.15) is 18.5 Å².